The van der Waals surface area contributed by atoms with Crippen molar-refractivity contribution in [1.29, 1.82) is 0 Å². The maximum absolute atomic E-state index is 12.6. The van der Waals surface area contributed by atoms with E-state index in [0.29, 0.717) is 5.69 Å². The molecule has 3 aromatic rings. The van der Waals surface area contributed by atoms with Crippen LogP contribution in [0.4, 0.5) is 0 Å². The highest BCUT2D eigenvalue weighted by Gasteiger charge is 2.22. The van der Waals surface area contributed by atoms with Gasteiger partial charge in [-0.1, -0.05) is 0 Å². The topological polar surface area (TPSA) is 61.2 Å². The lowest BCUT2D eigenvalue weighted by atomic mass is 10.1. The number of carbonyl (C=O) groups excluding carboxylic acids is 1. The first kappa shape index (κ1) is 16.7. The number of hydrogen-bond donors (Lipinski definition) is 0. The van der Waals surface area contributed by atoms with Gasteiger partial charge in [-0.15, -0.1) is 11.3 Å². The van der Waals surface area contributed by atoms with Gasteiger partial charge in [0.1, 0.15) is 5.75 Å². The van der Waals surface area contributed by atoms with Crippen LogP contribution in [-0.4, -0.2) is 22.7 Å². The Morgan fingerprint density at radius 3 is 2.65 bits per heavy atom. The molecular weight excluding hydrogens is 348 g/mol. The van der Waals surface area contributed by atoms with Crippen LogP contribution in [0.5, 0.6) is 5.75 Å². The molecule has 26 heavy (non-hydrogen) atoms. The second-order valence-corrected chi connectivity index (χ2v) is 7.46. The predicted molar refractivity (Wildman–Crippen MR) is 102 cm³/mol. The Morgan fingerprint density at radius 2 is 1.96 bits per heavy atom. The van der Waals surface area contributed by atoms with Gasteiger partial charge in [-0.3, -0.25) is 9.59 Å². The summed E-state index contributed by atoms with van der Waals surface area (Å²) in [6.07, 6.45) is 2.67. The molecule has 0 aliphatic heterocycles. The van der Waals surface area contributed by atoms with Gasteiger partial charge in [-0.25, -0.2) is 0 Å². The predicted octanol–water partition coefficient (Wildman–Crippen LogP) is 3.66. The summed E-state index contributed by atoms with van der Waals surface area (Å²) in [7, 11) is 1.60. The molecule has 1 aromatic carbocycles. The Kier molecular flexibility index (Phi) is 4.20. The van der Waals surface area contributed by atoms with Gasteiger partial charge >= 0.3 is 0 Å². The summed E-state index contributed by atoms with van der Waals surface area (Å²) in [6.45, 7) is 1.58. The molecule has 0 radical (unpaired) electrons. The van der Waals surface area contributed by atoms with Crippen LogP contribution in [-0.2, 0) is 12.8 Å². The number of benzene rings is 1. The van der Waals surface area contributed by atoms with Gasteiger partial charge in [-0.05, 0) is 62.1 Å². The fourth-order valence-corrected chi connectivity index (χ4v) is 4.34. The number of aromatic nitrogens is 2. The van der Waals surface area contributed by atoms with E-state index in [1.165, 1.54) is 20.9 Å². The molecule has 6 heteroatoms. The summed E-state index contributed by atoms with van der Waals surface area (Å²) in [6, 6.07) is 10.8. The molecule has 1 aliphatic carbocycles. The Morgan fingerprint density at radius 1 is 1.19 bits per heavy atom. The van der Waals surface area contributed by atoms with Crippen LogP contribution in [0.2, 0.25) is 0 Å². The van der Waals surface area contributed by atoms with Crippen LogP contribution in [0, 0.1) is 0 Å². The fraction of sp³-hybridized carbons (Fsp3) is 0.250. The molecule has 0 bridgehead atoms. The number of nitrogens with zero attached hydrogens (tertiary/aromatic N) is 2. The van der Waals surface area contributed by atoms with Crippen LogP contribution in [0.15, 0.2) is 41.2 Å². The lowest BCUT2D eigenvalue weighted by Crippen LogP contribution is -2.22. The first-order chi connectivity index (χ1) is 12.6. The Bertz CT molecular complexity index is 1050. The third-order valence-electron chi connectivity index (χ3n) is 4.59. The van der Waals surface area contributed by atoms with Gasteiger partial charge < -0.3 is 4.74 Å². The number of rotatable bonds is 3. The quantitative estimate of drug-likeness (QED) is 0.664. The van der Waals surface area contributed by atoms with Crippen LogP contribution < -0.4 is 10.3 Å². The molecule has 132 valence electrons. The lowest BCUT2D eigenvalue weighted by molar-refractivity contribution is 0.102. The minimum Gasteiger partial charge on any atom is -0.497 e. The number of carbonyl (C=O) groups is 1. The third kappa shape index (κ3) is 2.86. The van der Waals surface area contributed by atoms with E-state index >= 15 is 0 Å². The molecule has 0 atom stereocenters. The number of ketones is 1. The van der Waals surface area contributed by atoms with E-state index in [1.54, 1.807) is 32.2 Å². The van der Waals surface area contributed by atoms with Crippen LogP contribution >= 0.6 is 11.3 Å². The third-order valence-corrected chi connectivity index (χ3v) is 5.88. The Hall–Kier alpha value is -2.73. The van der Waals surface area contributed by atoms with Crippen LogP contribution in [0.1, 0.15) is 33.5 Å². The van der Waals surface area contributed by atoms with Crippen molar-refractivity contribution in [1.82, 2.24) is 9.78 Å². The zero-order valence-corrected chi connectivity index (χ0v) is 15.4. The van der Waals surface area contributed by atoms with Crippen molar-refractivity contribution >= 4 is 17.1 Å². The van der Waals surface area contributed by atoms with E-state index < -0.39 is 0 Å². The molecule has 0 fully saturated rings. The van der Waals surface area contributed by atoms with E-state index in [2.05, 4.69) is 5.10 Å². The van der Waals surface area contributed by atoms with Crippen molar-refractivity contribution in [3.63, 3.8) is 0 Å². The van der Waals surface area contributed by atoms with Crippen molar-refractivity contribution in [3.05, 3.63) is 62.1 Å². The van der Waals surface area contributed by atoms with E-state index in [-0.39, 0.29) is 11.3 Å². The van der Waals surface area contributed by atoms with Gasteiger partial charge in [0, 0.05) is 16.5 Å². The normalized spacial score (nSPS) is 12.8. The lowest BCUT2D eigenvalue weighted by Gasteiger charge is -2.10. The number of aryl methyl sites for hydroxylation is 2. The molecule has 0 saturated heterocycles. The summed E-state index contributed by atoms with van der Waals surface area (Å²) < 4.78 is 6.59. The Balaban J connectivity index is 1.89. The van der Waals surface area contributed by atoms with Gasteiger partial charge in [-0.2, -0.15) is 9.78 Å². The maximum Gasteiger partial charge on any atom is 0.271 e. The molecular formula is C20H18N2O3S. The van der Waals surface area contributed by atoms with Gasteiger partial charge in [0.2, 0.25) is 0 Å². The maximum atomic E-state index is 12.6. The number of methoxy groups -OCH3 is 1. The molecule has 5 nitrogen and oxygen atoms in total. The molecule has 1 aliphatic rings. The van der Waals surface area contributed by atoms with Crippen molar-refractivity contribution in [2.45, 2.75) is 26.2 Å². The standard InChI is InChI=1S/C20H18N2O3S/c1-12(23)18-11-16-17(26-18)5-3-4-13-10-19(24)22(21-20(13)16)14-6-8-15(25-2)9-7-14/h6-11H,3-5H2,1-2H3. The molecule has 0 amide bonds. The average Bonchev–Trinajstić information content (AvgIpc) is 2.99. The van der Waals surface area contributed by atoms with Gasteiger partial charge in [0.05, 0.1) is 23.4 Å². The summed E-state index contributed by atoms with van der Waals surface area (Å²) in [5, 5.41) is 4.67. The van der Waals surface area contributed by atoms with Crippen molar-refractivity contribution in [2.24, 2.45) is 0 Å². The van der Waals surface area contributed by atoms with E-state index in [1.807, 2.05) is 18.2 Å². The molecule has 0 saturated carbocycles. The average molecular weight is 366 g/mol. The zero-order valence-electron chi connectivity index (χ0n) is 14.6. The van der Waals surface area contributed by atoms with Gasteiger partial charge in [0.25, 0.3) is 5.56 Å². The molecule has 0 unspecified atom stereocenters. The summed E-state index contributed by atoms with van der Waals surface area (Å²) in [5.74, 6) is 0.788. The number of thiophene rings is 1. The van der Waals surface area contributed by atoms with E-state index in [9.17, 15) is 9.59 Å². The first-order valence-corrected chi connectivity index (χ1v) is 9.30. The number of fused-ring (bicyclic) bond motifs is 3. The van der Waals surface area contributed by atoms with E-state index in [4.69, 9.17) is 4.74 Å². The van der Waals surface area contributed by atoms with Crippen LogP contribution in [0.3, 0.4) is 0 Å². The molecule has 0 N–H and O–H groups in total. The molecule has 0 spiro atoms. The highest BCUT2D eigenvalue weighted by Crippen LogP contribution is 2.36. The first-order valence-electron chi connectivity index (χ1n) is 8.48. The minimum atomic E-state index is -0.153. The van der Waals surface area contributed by atoms with Crippen molar-refractivity contribution in [2.75, 3.05) is 7.11 Å². The van der Waals surface area contributed by atoms with Gasteiger partial charge in [0.15, 0.2) is 5.78 Å². The van der Waals surface area contributed by atoms with E-state index in [0.717, 1.165) is 46.7 Å². The summed E-state index contributed by atoms with van der Waals surface area (Å²) in [5.41, 5.74) is 3.27. The SMILES string of the molecule is COc1ccc(-n2nc3c(cc2=O)CCCc2sc(C(C)=O)cc2-3)cc1. The highest BCUT2D eigenvalue weighted by molar-refractivity contribution is 7.14. The number of Topliss-reactive ketones (excluding diaryl/α,β-unsaturated/α-hetero) is 1. The number of hydrogen-bond acceptors (Lipinski definition) is 5. The smallest absolute Gasteiger partial charge is 0.271 e. The molecule has 2 heterocycles. The summed E-state index contributed by atoms with van der Waals surface area (Å²) in [4.78, 5) is 26.3. The largest absolute Gasteiger partial charge is 0.497 e. The minimum absolute atomic E-state index is 0.0631. The second kappa shape index (κ2) is 6.53. The van der Waals surface area contributed by atoms with Crippen molar-refractivity contribution < 1.29 is 9.53 Å². The van der Waals surface area contributed by atoms with Crippen molar-refractivity contribution in [3.8, 4) is 22.7 Å². The number of ether oxygens (including phenoxy) is 1. The summed E-state index contributed by atoms with van der Waals surface area (Å²) >= 11 is 1.54. The Labute approximate surface area is 154 Å². The zero-order chi connectivity index (χ0) is 18.3. The second-order valence-electron chi connectivity index (χ2n) is 6.32. The monoisotopic (exact) mass is 366 g/mol. The molecule has 4 rings (SSSR count). The fourth-order valence-electron chi connectivity index (χ4n) is 3.25. The van der Waals surface area contributed by atoms with Crippen LogP contribution in [0.25, 0.3) is 16.9 Å². The highest BCUT2D eigenvalue weighted by atomic mass is 32.1. The molecule has 2 aromatic heterocycles.